The summed E-state index contributed by atoms with van der Waals surface area (Å²) in [6.07, 6.45) is 2.28. The molecule has 0 aromatic carbocycles. The predicted octanol–water partition coefficient (Wildman–Crippen LogP) is -0.221. The molecule has 3 nitrogen and oxygen atoms in total. The van der Waals surface area contributed by atoms with Gasteiger partial charge in [0.05, 0.1) is 0 Å². The molecule has 11 heavy (non-hydrogen) atoms. The Kier molecular flexibility index (Phi) is 1.60. The van der Waals surface area contributed by atoms with Gasteiger partial charge in [-0.05, 0) is 19.4 Å². The van der Waals surface area contributed by atoms with Crippen LogP contribution in [0.1, 0.15) is 6.42 Å². The van der Waals surface area contributed by atoms with Crippen molar-refractivity contribution in [2.24, 2.45) is 5.92 Å². The van der Waals surface area contributed by atoms with Crippen LogP contribution >= 0.6 is 0 Å². The highest BCUT2D eigenvalue weighted by molar-refractivity contribution is 5.47. The number of likely N-dealkylation sites (tertiary alicyclic amines) is 2. The second kappa shape index (κ2) is 2.48. The summed E-state index contributed by atoms with van der Waals surface area (Å²) in [5.41, 5.74) is 0. The van der Waals surface area contributed by atoms with E-state index >= 15 is 0 Å². The zero-order valence-corrected chi connectivity index (χ0v) is 6.86. The monoisotopic (exact) mass is 154 g/mol. The molecule has 0 saturated carbocycles. The minimum absolute atomic E-state index is 0.638. The fraction of sp³-hybridized carbons (Fsp3) is 0.875. The molecule has 0 aliphatic carbocycles. The highest BCUT2D eigenvalue weighted by atomic mass is 16.1. The highest BCUT2D eigenvalue weighted by Gasteiger charge is 2.35. The molecule has 2 aliphatic heterocycles. The molecular formula is C8H14N2O. The maximum atomic E-state index is 10.5. The van der Waals surface area contributed by atoms with Gasteiger partial charge in [-0.3, -0.25) is 4.79 Å². The van der Waals surface area contributed by atoms with Crippen molar-refractivity contribution < 1.29 is 4.79 Å². The first-order chi connectivity index (χ1) is 5.29. The number of carbonyl (C=O) groups excluding carboxylic acids is 1. The van der Waals surface area contributed by atoms with Crippen LogP contribution in [0, 0.1) is 5.92 Å². The van der Waals surface area contributed by atoms with E-state index in [1.807, 2.05) is 4.90 Å². The number of fused-ring (bicyclic) bond motifs is 2. The van der Waals surface area contributed by atoms with E-state index in [-0.39, 0.29) is 0 Å². The van der Waals surface area contributed by atoms with Crippen LogP contribution in [0.4, 0.5) is 0 Å². The van der Waals surface area contributed by atoms with Crippen molar-refractivity contribution in [1.29, 1.82) is 0 Å². The summed E-state index contributed by atoms with van der Waals surface area (Å²) >= 11 is 0. The number of hydrogen-bond donors (Lipinski definition) is 0. The van der Waals surface area contributed by atoms with E-state index in [0.717, 1.165) is 25.4 Å². The fourth-order valence-corrected chi connectivity index (χ4v) is 2.30. The Morgan fingerprint density at radius 1 is 1.36 bits per heavy atom. The van der Waals surface area contributed by atoms with Crippen molar-refractivity contribution in [3.05, 3.63) is 0 Å². The van der Waals surface area contributed by atoms with Crippen molar-refractivity contribution >= 4 is 6.41 Å². The lowest BCUT2D eigenvalue weighted by molar-refractivity contribution is -0.119. The molecule has 0 aromatic rings. The smallest absolute Gasteiger partial charge is 0.209 e. The van der Waals surface area contributed by atoms with Crippen LogP contribution in [-0.4, -0.2) is 48.9 Å². The molecule has 2 fully saturated rings. The molecule has 0 radical (unpaired) electrons. The van der Waals surface area contributed by atoms with Crippen LogP contribution in [0.25, 0.3) is 0 Å². The Morgan fingerprint density at radius 3 is 2.82 bits per heavy atom. The van der Waals surface area contributed by atoms with Gasteiger partial charge >= 0.3 is 0 Å². The van der Waals surface area contributed by atoms with Crippen LogP contribution in [0.5, 0.6) is 0 Å². The van der Waals surface area contributed by atoms with E-state index < -0.39 is 0 Å². The van der Waals surface area contributed by atoms with Crippen molar-refractivity contribution in [3.63, 3.8) is 0 Å². The molecule has 62 valence electrons. The Labute approximate surface area is 67.0 Å². The van der Waals surface area contributed by atoms with Gasteiger partial charge in [0.25, 0.3) is 0 Å². The number of amides is 1. The van der Waals surface area contributed by atoms with Gasteiger partial charge in [0, 0.05) is 25.7 Å². The van der Waals surface area contributed by atoms with E-state index in [2.05, 4.69) is 11.9 Å². The lowest BCUT2D eigenvalue weighted by Crippen LogP contribution is -2.40. The zero-order chi connectivity index (χ0) is 7.84. The number of carbonyl (C=O) groups is 1. The Morgan fingerprint density at radius 2 is 2.18 bits per heavy atom. The molecule has 2 saturated heterocycles. The third kappa shape index (κ3) is 1.13. The van der Waals surface area contributed by atoms with Crippen LogP contribution in [0.2, 0.25) is 0 Å². The molecule has 0 spiro atoms. The largest absolute Gasteiger partial charge is 0.343 e. The number of piperidine rings is 1. The van der Waals surface area contributed by atoms with Crippen LogP contribution in [0.15, 0.2) is 0 Å². The van der Waals surface area contributed by atoms with Crippen molar-refractivity contribution in [2.45, 2.75) is 12.5 Å². The number of rotatable bonds is 1. The minimum Gasteiger partial charge on any atom is -0.343 e. The Bertz CT molecular complexity index is 169. The lowest BCUT2D eigenvalue weighted by atomic mass is 10.0. The van der Waals surface area contributed by atoms with E-state index in [0.29, 0.717) is 6.04 Å². The standard InChI is InChI=1S/C8H14N2O/c1-9-3-7-2-8(9)5-10(4-7)6-11/h6-8H,2-5H2,1H3. The van der Waals surface area contributed by atoms with Gasteiger partial charge in [-0.2, -0.15) is 0 Å². The predicted molar refractivity (Wildman–Crippen MR) is 42.2 cm³/mol. The van der Waals surface area contributed by atoms with Crippen LogP contribution in [0.3, 0.4) is 0 Å². The SMILES string of the molecule is CN1CC2CC1CN(C=O)C2. The first-order valence-corrected chi connectivity index (χ1v) is 4.19. The normalized spacial score (nSPS) is 37.7. The maximum Gasteiger partial charge on any atom is 0.209 e. The average Bonchev–Trinajstić information content (AvgIpc) is 2.26. The molecule has 0 aromatic heterocycles. The Hall–Kier alpha value is -0.570. The zero-order valence-electron chi connectivity index (χ0n) is 6.86. The van der Waals surface area contributed by atoms with E-state index in [4.69, 9.17) is 0 Å². The van der Waals surface area contributed by atoms with Crippen LogP contribution < -0.4 is 0 Å². The fourth-order valence-electron chi connectivity index (χ4n) is 2.30. The summed E-state index contributed by atoms with van der Waals surface area (Å²) in [7, 11) is 2.15. The minimum atomic E-state index is 0.638. The van der Waals surface area contributed by atoms with Gasteiger partial charge in [-0.25, -0.2) is 0 Å². The van der Waals surface area contributed by atoms with Gasteiger partial charge in [0.2, 0.25) is 6.41 Å². The second-order valence-corrected chi connectivity index (χ2v) is 3.75. The second-order valence-electron chi connectivity index (χ2n) is 3.75. The number of likely N-dealkylation sites (N-methyl/N-ethyl adjacent to an activating group) is 1. The van der Waals surface area contributed by atoms with Gasteiger partial charge in [-0.1, -0.05) is 0 Å². The van der Waals surface area contributed by atoms with Crippen molar-refractivity contribution in [3.8, 4) is 0 Å². The van der Waals surface area contributed by atoms with Gasteiger partial charge in [0.1, 0.15) is 0 Å². The van der Waals surface area contributed by atoms with Crippen LogP contribution in [-0.2, 0) is 4.79 Å². The number of hydrogen-bond acceptors (Lipinski definition) is 2. The highest BCUT2D eigenvalue weighted by Crippen LogP contribution is 2.27. The molecule has 2 rings (SSSR count). The van der Waals surface area contributed by atoms with Gasteiger partial charge in [-0.15, -0.1) is 0 Å². The summed E-state index contributed by atoms with van der Waals surface area (Å²) in [5.74, 6) is 0.740. The first-order valence-electron chi connectivity index (χ1n) is 4.19. The lowest BCUT2D eigenvalue weighted by Gasteiger charge is -2.28. The van der Waals surface area contributed by atoms with E-state index in [1.165, 1.54) is 13.0 Å². The first kappa shape index (κ1) is 7.10. The molecule has 2 bridgehead atoms. The summed E-state index contributed by atoms with van der Waals surface area (Å²) < 4.78 is 0. The molecule has 1 amide bonds. The van der Waals surface area contributed by atoms with E-state index in [1.54, 1.807) is 0 Å². The molecule has 2 atom stereocenters. The summed E-state index contributed by atoms with van der Waals surface area (Å²) in [6, 6.07) is 0.638. The Balaban J connectivity index is 2.05. The van der Waals surface area contributed by atoms with E-state index in [9.17, 15) is 4.79 Å². The molecule has 2 aliphatic rings. The third-order valence-electron chi connectivity index (χ3n) is 2.86. The molecule has 0 N–H and O–H groups in total. The van der Waals surface area contributed by atoms with Crippen molar-refractivity contribution in [2.75, 3.05) is 26.7 Å². The summed E-state index contributed by atoms with van der Waals surface area (Å²) in [4.78, 5) is 14.8. The quantitative estimate of drug-likeness (QED) is 0.487. The van der Waals surface area contributed by atoms with Gasteiger partial charge in [0.15, 0.2) is 0 Å². The topological polar surface area (TPSA) is 23.6 Å². The maximum absolute atomic E-state index is 10.5. The molecule has 2 unspecified atom stereocenters. The van der Waals surface area contributed by atoms with Gasteiger partial charge < -0.3 is 9.80 Å². The molecule has 2 heterocycles. The number of nitrogens with zero attached hydrogens (tertiary/aromatic N) is 2. The average molecular weight is 154 g/mol. The summed E-state index contributed by atoms with van der Waals surface area (Å²) in [5, 5.41) is 0. The molecule has 3 heteroatoms. The van der Waals surface area contributed by atoms with Crippen molar-refractivity contribution in [1.82, 2.24) is 9.80 Å². The summed E-state index contributed by atoms with van der Waals surface area (Å²) in [6.45, 7) is 3.09. The third-order valence-corrected chi connectivity index (χ3v) is 2.86. The molecular weight excluding hydrogens is 140 g/mol.